The maximum atomic E-state index is 4.27. The molecular formula is C6H11NS. The molecule has 0 aromatic rings. The topological polar surface area (TPSA) is 12.4 Å². The molecule has 0 unspecified atom stereocenters. The molecule has 0 N–H and O–H groups in total. The fraction of sp³-hybridized carbons (Fsp3) is 0.833. The lowest BCUT2D eigenvalue weighted by Crippen LogP contribution is -2.03. The van der Waals surface area contributed by atoms with Crippen LogP contribution in [-0.2, 0) is 0 Å². The minimum Gasteiger partial charge on any atom is -0.225 e. The van der Waals surface area contributed by atoms with Crippen LogP contribution in [0.1, 0.15) is 20.3 Å². The molecule has 1 aliphatic heterocycles. The van der Waals surface area contributed by atoms with Crippen molar-refractivity contribution in [3.8, 4) is 0 Å². The van der Waals surface area contributed by atoms with Crippen LogP contribution in [0.25, 0.3) is 0 Å². The molecule has 1 rings (SSSR count). The molecule has 8 heavy (non-hydrogen) atoms. The predicted octanol–water partition coefficient (Wildman–Crippen LogP) is 2.14. The van der Waals surface area contributed by atoms with Gasteiger partial charge in [0, 0.05) is 11.5 Å². The van der Waals surface area contributed by atoms with E-state index in [1.54, 1.807) is 11.9 Å². The van der Waals surface area contributed by atoms with E-state index in [4.69, 9.17) is 0 Å². The third kappa shape index (κ3) is 1.25. The Morgan fingerprint density at radius 2 is 2.38 bits per heavy atom. The van der Waals surface area contributed by atoms with E-state index in [2.05, 4.69) is 18.2 Å². The minimum atomic E-state index is 0.671. The van der Waals surface area contributed by atoms with E-state index < -0.39 is 0 Å². The summed E-state index contributed by atoms with van der Waals surface area (Å²) in [5.41, 5.74) is 1.38. The largest absolute Gasteiger partial charge is 0.225 e. The van der Waals surface area contributed by atoms with Gasteiger partial charge in [0.2, 0.25) is 0 Å². The molecule has 0 aromatic carbocycles. The Morgan fingerprint density at radius 3 is 2.62 bits per heavy atom. The Kier molecular flexibility index (Phi) is 1.95. The summed E-state index contributed by atoms with van der Waals surface area (Å²) in [6, 6.07) is 0. The minimum absolute atomic E-state index is 0.671. The van der Waals surface area contributed by atoms with E-state index in [-0.39, 0.29) is 0 Å². The van der Waals surface area contributed by atoms with E-state index in [9.17, 15) is 0 Å². The average Bonchev–Trinajstić information content (AvgIpc) is 2.12. The summed E-state index contributed by atoms with van der Waals surface area (Å²) >= 11 is 1.70. The molecule has 0 fully saturated rings. The van der Waals surface area contributed by atoms with Crippen LogP contribution in [0.3, 0.4) is 0 Å². The highest BCUT2D eigenvalue weighted by molar-refractivity contribution is 7.98. The van der Waals surface area contributed by atoms with Crippen LogP contribution in [0.4, 0.5) is 0 Å². The summed E-state index contributed by atoms with van der Waals surface area (Å²) in [7, 11) is 0. The first-order valence-corrected chi connectivity index (χ1v) is 3.93. The van der Waals surface area contributed by atoms with Crippen LogP contribution in [0.2, 0.25) is 0 Å². The molecule has 0 saturated carbocycles. The first-order valence-electron chi connectivity index (χ1n) is 2.99. The summed E-state index contributed by atoms with van der Waals surface area (Å²) in [5.74, 6) is 1.87. The van der Waals surface area contributed by atoms with Crippen molar-refractivity contribution in [3.05, 3.63) is 0 Å². The molecule has 1 aliphatic rings. The van der Waals surface area contributed by atoms with Crippen molar-refractivity contribution in [3.63, 3.8) is 0 Å². The molecule has 0 spiro atoms. The van der Waals surface area contributed by atoms with Crippen molar-refractivity contribution >= 4 is 17.7 Å². The highest BCUT2D eigenvalue weighted by Crippen LogP contribution is 2.18. The van der Waals surface area contributed by atoms with Crippen molar-refractivity contribution in [1.29, 1.82) is 0 Å². The maximum absolute atomic E-state index is 4.27. The van der Waals surface area contributed by atoms with Gasteiger partial charge >= 0.3 is 0 Å². The van der Waals surface area contributed by atoms with Gasteiger partial charge in [-0.1, -0.05) is 13.8 Å². The van der Waals surface area contributed by atoms with E-state index >= 15 is 0 Å². The van der Waals surface area contributed by atoms with Crippen molar-refractivity contribution in [2.24, 2.45) is 10.3 Å². The molecule has 0 atom stereocenters. The predicted molar refractivity (Wildman–Crippen MR) is 39.3 cm³/mol. The smallest absolute Gasteiger partial charge is 0.0296 e. The number of hydrogen-bond donors (Lipinski definition) is 0. The lowest BCUT2D eigenvalue weighted by molar-refractivity contribution is 0.868. The van der Waals surface area contributed by atoms with Gasteiger partial charge in [0.15, 0.2) is 0 Å². The number of hydrogen-bond acceptors (Lipinski definition) is 2. The SMILES string of the molecule is CC(C)C1=NSCC1. The molecule has 0 saturated heterocycles. The zero-order valence-corrected chi connectivity index (χ0v) is 6.16. The highest BCUT2D eigenvalue weighted by atomic mass is 32.2. The summed E-state index contributed by atoms with van der Waals surface area (Å²) < 4.78 is 4.27. The fourth-order valence-electron chi connectivity index (χ4n) is 0.718. The van der Waals surface area contributed by atoms with Gasteiger partial charge in [0.05, 0.1) is 0 Å². The Labute approximate surface area is 54.7 Å². The summed E-state index contributed by atoms with van der Waals surface area (Å²) in [6.45, 7) is 4.40. The van der Waals surface area contributed by atoms with Crippen LogP contribution in [0.15, 0.2) is 4.40 Å². The lowest BCUT2D eigenvalue weighted by atomic mass is 10.1. The summed E-state index contributed by atoms with van der Waals surface area (Å²) in [6.07, 6.45) is 1.21. The summed E-state index contributed by atoms with van der Waals surface area (Å²) in [5, 5.41) is 0. The number of nitrogens with zero attached hydrogens (tertiary/aromatic N) is 1. The quantitative estimate of drug-likeness (QED) is 0.494. The molecule has 0 aliphatic carbocycles. The van der Waals surface area contributed by atoms with Crippen molar-refractivity contribution in [1.82, 2.24) is 0 Å². The molecule has 46 valence electrons. The standard InChI is InChI=1S/C6H11NS/c1-5(2)6-3-4-8-7-6/h5H,3-4H2,1-2H3. The fourth-order valence-corrected chi connectivity index (χ4v) is 1.58. The van der Waals surface area contributed by atoms with Crippen LogP contribution in [0.5, 0.6) is 0 Å². The third-order valence-electron chi connectivity index (χ3n) is 1.30. The van der Waals surface area contributed by atoms with Gasteiger partial charge in [-0.25, -0.2) is 4.40 Å². The van der Waals surface area contributed by atoms with Gasteiger partial charge < -0.3 is 0 Å². The third-order valence-corrected chi connectivity index (χ3v) is 2.05. The molecule has 2 heteroatoms. The van der Waals surface area contributed by atoms with Gasteiger partial charge in [-0.05, 0) is 24.3 Å². The van der Waals surface area contributed by atoms with Gasteiger partial charge in [0.25, 0.3) is 0 Å². The summed E-state index contributed by atoms with van der Waals surface area (Å²) in [4.78, 5) is 0. The van der Waals surface area contributed by atoms with Gasteiger partial charge in [-0.3, -0.25) is 0 Å². The van der Waals surface area contributed by atoms with Gasteiger partial charge in [0.1, 0.15) is 0 Å². The maximum Gasteiger partial charge on any atom is 0.0296 e. The average molecular weight is 129 g/mol. The molecule has 0 radical (unpaired) electrons. The zero-order chi connectivity index (χ0) is 5.98. The van der Waals surface area contributed by atoms with Crippen molar-refractivity contribution in [2.45, 2.75) is 20.3 Å². The van der Waals surface area contributed by atoms with E-state index in [1.807, 2.05) is 0 Å². The highest BCUT2D eigenvalue weighted by Gasteiger charge is 2.09. The molecule has 0 aromatic heterocycles. The van der Waals surface area contributed by atoms with Crippen LogP contribution in [0, 0.1) is 5.92 Å². The van der Waals surface area contributed by atoms with Crippen LogP contribution < -0.4 is 0 Å². The second kappa shape index (κ2) is 2.53. The second-order valence-corrected chi connectivity index (χ2v) is 3.17. The Bertz CT molecular complexity index is 107. The second-order valence-electron chi connectivity index (χ2n) is 2.32. The molecule has 1 nitrogen and oxygen atoms in total. The van der Waals surface area contributed by atoms with E-state index in [1.165, 1.54) is 17.9 Å². The van der Waals surface area contributed by atoms with Gasteiger partial charge in [-0.2, -0.15) is 0 Å². The first-order chi connectivity index (χ1) is 3.80. The number of rotatable bonds is 1. The monoisotopic (exact) mass is 129 g/mol. The lowest BCUT2D eigenvalue weighted by Gasteiger charge is -1.99. The Hall–Kier alpha value is 0.0200. The van der Waals surface area contributed by atoms with Crippen molar-refractivity contribution in [2.75, 3.05) is 5.75 Å². The normalized spacial score (nSPS) is 19.6. The van der Waals surface area contributed by atoms with Crippen molar-refractivity contribution < 1.29 is 0 Å². The molecule has 1 heterocycles. The van der Waals surface area contributed by atoms with E-state index in [0.29, 0.717) is 5.92 Å². The zero-order valence-electron chi connectivity index (χ0n) is 5.35. The van der Waals surface area contributed by atoms with Crippen LogP contribution in [-0.4, -0.2) is 11.5 Å². The molecular weight excluding hydrogens is 118 g/mol. The molecule has 0 amide bonds. The Balaban J connectivity index is 2.45. The van der Waals surface area contributed by atoms with Crippen LogP contribution >= 0.6 is 11.9 Å². The van der Waals surface area contributed by atoms with Gasteiger partial charge in [-0.15, -0.1) is 0 Å². The Morgan fingerprint density at radius 1 is 1.62 bits per heavy atom. The first kappa shape index (κ1) is 6.14. The van der Waals surface area contributed by atoms with E-state index in [0.717, 1.165) is 0 Å². The molecule has 0 bridgehead atoms.